The lowest BCUT2D eigenvalue weighted by atomic mass is 10.6. The first-order chi connectivity index (χ1) is 16.0. The number of carbonyl (C=O) groups is 1. The van der Waals surface area contributed by atoms with Gasteiger partial charge in [0.15, 0.2) is 15.5 Å². The fraction of sp³-hybridized carbons (Fsp3) is 0.409. The molecule has 3 heterocycles. The maximum atomic E-state index is 8.81. The number of aromatic nitrogens is 6. The topological polar surface area (TPSA) is 115 Å². The third kappa shape index (κ3) is 29.9. The molecule has 33 heavy (non-hydrogen) atoms. The smallest absolute Gasteiger partial charge is 0.187 e. The predicted molar refractivity (Wildman–Crippen MR) is 142 cm³/mol. The van der Waals surface area contributed by atoms with Gasteiger partial charge in [-0.3, -0.25) is 0 Å². The summed E-state index contributed by atoms with van der Waals surface area (Å²) in [6.07, 6.45) is 18.3. The van der Waals surface area contributed by atoms with E-state index in [-0.39, 0.29) is 6.61 Å². The molecule has 0 radical (unpaired) electrons. The minimum Gasteiger partial charge on any atom is -0.397 e. The molecule has 0 amide bonds. The van der Waals surface area contributed by atoms with Gasteiger partial charge in [-0.1, -0.05) is 55.6 Å². The van der Waals surface area contributed by atoms with Gasteiger partial charge in [0.1, 0.15) is 6.29 Å². The van der Waals surface area contributed by atoms with Gasteiger partial charge in [-0.2, -0.15) is 0 Å². The molecule has 0 aromatic carbocycles. The molecule has 0 unspecified atom stereocenters. The van der Waals surface area contributed by atoms with Gasteiger partial charge in [-0.05, 0) is 50.8 Å². The van der Waals surface area contributed by atoms with Crippen molar-refractivity contribution in [1.29, 1.82) is 0 Å². The van der Waals surface area contributed by atoms with Gasteiger partial charge in [0, 0.05) is 43.8 Å². The van der Waals surface area contributed by atoms with Crippen LogP contribution in [0.2, 0.25) is 0 Å². The maximum Gasteiger partial charge on any atom is 0.187 e. The number of hydrogen-bond acceptors (Lipinski definition) is 11. The minimum atomic E-state index is 0.250. The van der Waals surface area contributed by atoms with Crippen molar-refractivity contribution in [2.75, 3.05) is 25.4 Å². The fourth-order valence-corrected chi connectivity index (χ4v) is 2.17. The largest absolute Gasteiger partial charge is 0.397 e. The van der Waals surface area contributed by atoms with Crippen molar-refractivity contribution in [3.05, 3.63) is 55.4 Å². The second-order valence-electron chi connectivity index (χ2n) is 4.97. The molecule has 3 aromatic heterocycles. The highest BCUT2D eigenvalue weighted by Gasteiger charge is 1.85. The molecule has 8 nitrogen and oxygen atoms in total. The lowest BCUT2D eigenvalue weighted by Crippen LogP contribution is -1.79. The Bertz CT molecular complexity index is 634. The summed E-state index contributed by atoms with van der Waals surface area (Å²) >= 11 is 4.64. The summed E-state index contributed by atoms with van der Waals surface area (Å²) in [7, 11) is 0. The lowest BCUT2D eigenvalue weighted by molar-refractivity contribution is -0.106. The summed E-state index contributed by atoms with van der Waals surface area (Å²) in [5.74, 6) is 0. The molecule has 0 aliphatic heterocycles. The van der Waals surface area contributed by atoms with Crippen molar-refractivity contribution in [1.82, 2.24) is 29.9 Å². The molecule has 0 saturated heterocycles. The number of thioether (sulfide) groups is 3. The van der Waals surface area contributed by atoms with Crippen molar-refractivity contribution >= 4 is 41.6 Å². The van der Waals surface area contributed by atoms with Crippen LogP contribution < -0.4 is 0 Å². The van der Waals surface area contributed by atoms with E-state index in [4.69, 9.17) is 9.90 Å². The Labute approximate surface area is 211 Å². The maximum absolute atomic E-state index is 8.81. The molecule has 11 heteroatoms. The monoisotopic (exact) mass is 512 g/mol. The summed E-state index contributed by atoms with van der Waals surface area (Å²) in [5.41, 5.74) is 0. The van der Waals surface area contributed by atoms with E-state index < -0.39 is 0 Å². The molecular formula is C22H36N6O2S3. The van der Waals surface area contributed by atoms with E-state index >= 15 is 0 Å². The van der Waals surface area contributed by atoms with E-state index in [1.54, 1.807) is 97.6 Å². The van der Waals surface area contributed by atoms with Crippen molar-refractivity contribution in [2.24, 2.45) is 0 Å². The van der Waals surface area contributed by atoms with Gasteiger partial charge in [-0.25, -0.2) is 29.9 Å². The average Bonchev–Trinajstić information content (AvgIpc) is 2.88. The summed E-state index contributed by atoms with van der Waals surface area (Å²) in [6.45, 7) is 7.62. The van der Waals surface area contributed by atoms with E-state index in [2.05, 4.69) is 43.8 Å². The number of aliphatic hydroxyl groups excluding tert-OH is 1. The number of nitrogens with zero attached hydrogens (tertiary/aromatic N) is 6. The normalized spacial score (nSPS) is 8.12. The van der Waals surface area contributed by atoms with Crippen LogP contribution in [0.25, 0.3) is 0 Å². The highest BCUT2D eigenvalue weighted by atomic mass is 32.2. The van der Waals surface area contributed by atoms with Crippen LogP contribution in [0.5, 0.6) is 0 Å². The second-order valence-corrected chi connectivity index (χ2v) is 7.29. The average molecular weight is 513 g/mol. The van der Waals surface area contributed by atoms with E-state index in [1.165, 1.54) is 13.3 Å². The second kappa shape index (κ2) is 32.1. The zero-order chi connectivity index (χ0) is 25.6. The summed E-state index contributed by atoms with van der Waals surface area (Å²) in [5, 5.41) is 10.0. The van der Waals surface area contributed by atoms with Gasteiger partial charge in [0.2, 0.25) is 0 Å². The molecule has 0 atom stereocenters. The van der Waals surface area contributed by atoms with E-state index in [1.807, 2.05) is 18.8 Å². The number of hydrogen-bond donors (Lipinski definition) is 1. The molecule has 0 saturated carbocycles. The standard InChI is InChI=1S/3C5H6N2S.C3H8.C2H6O.C2H4O/c3*1-8-5-6-3-2-4-7-5;1-3-2;2*1-2-3/h3*2-4H,1H3;3H2,1-2H3;3H,2H2,1H3;2H,1H3. The van der Waals surface area contributed by atoms with Crippen LogP contribution in [0, 0.1) is 0 Å². The molecular weight excluding hydrogens is 476 g/mol. The summed E-state index contributed by atoms with van der Waals surface area (Å²) < 4.78 is 0. The molecule has 3 aromatic rings. The number of carbonyl (C=O) groups excluding carboxylic acids is 1. The minimum absolute atomic E-state index is 0.250. The van der Waals surface area contributed by atoms with Gasteiger partial charge in [0.25, 0.3) is 0 Å². The van der Waals surface area contributed by atoms with Crippen LogP contribution in [-0.2, 0) is 4.79 Å². The first kappa shape index (κ1) is 35.5. The van der Waals surface area contributed by atoms with E-state index in [0.717, 1.165) is 21.8 Å². The number of rotatable bonds is 3. The zero-order valence-corrected chi connectivity index (χ0v) is 22.9. The Morgan fingerprint density at radius 1 is 0.667 bits per heavy atom. The van der Waals surface area contributed by atoms with Crippen LogP contribution in [-0.4, -0.2) is 66.7 Å². The number of aldehydes is 1. The van der Waals surface area contributed by atoms with E-state index in [9.17, 15) is 0 Å². The molecule has 0 fully saturated rings. The van der Waals surface area contributed by atoms with Crippen LogP contribution in [0.4, 0.5) is 0 Å². The van der Waals surface area contributed by atoms with Crippen LogP contribution in [0.1, 0.15) is 34.1 Å². The Morgan fingerprint density at radius 3 is 0.909 bits per heavy atom. The fourth-order valence-electron chi connectivity index (χ4n) is 1.17. The number of aliphatic hydroxyl groups is 1. The SMILES string of the molecule is CC=O.CCC.CCO.CSc1ncccn1.CSc1ncccn1.CSc1ncccn1. The molecule has 0 aliphatic carbocycles. The zero-order valence-electron chi connectivity index (χ0n) is 20.5. The molecule has 0 spiro atoms. The van der Waals surface area contributed by atoms with Crippen LogP contribution >= 0.6 is 35.3 Å². The highest BCUT2D eigenvalue weighted by Crippen LogP contribution is 2.04. The highest BCUT2D eigenvalue weighted by molar-refractivity contribution is 7.98. The Hall–Kier alpha value is -2.08. The van der Waals surface area contributed by atoms with Crippen LogP contribution in [0.15, 0.2) is 70.8 Å². The first-order valence-electron chi connectivity index (χ1n) is 9.98. The van der Waals surface area contributed by atoms with Gasteiger partial charge < -0.3 is 9.90 Å². The Balaban J connectivity index is -0.000000348. The van der Waals surface area contributed by atoms with Crippen LogP contribution in [0.3, 0.4) is 0 Å². The van der Waals surface area contributed by atoms with Gasteiger partial charge in [0.05, 0.1) is 0 Å². The summed E-state index contributed by atoms with van der Waals surface area (Å²) in [4.78, 5) is 32.5. The third-order valence-electron chi connectivity index (χ3n) is 2.17. The van der Waals surface area contributed by atoms with E-state index in [0.29, 0.717) is 0 Å². The van der Waals surface area contributed by atoms with Crippen molar-refractivity contribution in [3.63, 3.8) is 0 Å². The third-order valence-corrected chi connectivity index (χ3v) is 3.90. The van der Waals surface area contributed by atoms with Crippen molar-refractivity contribution < 1.29 is 9.90 Å². The van der Waals surface area contributed by atoms with Gasteiger partial charge >= 0.3 is 0 Å². The van der Waals surface area contributed by atoms with Gasteiger partial charge in [-0.15, -0.1) is 0 Å². The molecule has 184 valence electrons. The molecule has 0 aliphatic rings. The molecule has 3 rings (SSSR count). The Morgan fingerprint density at radius 2 is 0.818 bits per heavy atom. The Kier molecular flexibility index (Phi) is 34.5. The summed E-state index contributed by atoms with van der Waals surface area (Å²) in [6, 6.07) is 5.42. The van der Waals surface area contributed by atoms with Crippen molar-refractivity contribution in [3.8, 4) is 0 Å². The quantitative estimate of drug-likeness (QED) is 0.283. The van der Waals surface area contributed by atoms with Crippen molar-refractivity contribution in [2.45, 2.75) is 49.6 Å². The molecule has 0 bridgehead atoms. The lowest BCUT2D eigenvalue weighted by Gasteiger charge is -1.87. The first-order valence-corrected chi connectivity index (χ1v) is 13.7. The predicted octanol–water partition coefficient (Wildman–Crippen LogP) is 5.22. The molecule has 1 N–H and O–H groups in total.